The second-order valence-corrected chi connectivity index (χ2v) is 2.98. The number of hydrogen-bond acceptors (Lipinski definition) is 1. The third-order valence-electron chi connectivity index (χ3n) is 1.80. The van der Waals surface area contributed by atoms with Crippen LogP contribution in [0.2, 0.25) is 0 Å². The molecule has 0 unspecified atom stereocenters. The fourth-order valence-electron chi connectivity index (χ4n) is 1.12. The van der Waals surface area contributed by atoms with Gasteiger partial charge in [0.05, 0.1) is 0 Å². The summed E-state index contributed by atoms with van der Waals surface area (Å²) in [6.45, 7) is 3.26. The molecule has 0 N–H and O–H groups in total. The number of benzene rings is 1. The highest BCUT2D eigenvalue weighted by molar-refractivity contribution is 6.68. The maximum atomic E-state index is 12.9. The summed E-state index contributed by atoms with van der Waals surface area (Å²) in [4.78, 5) is 10.8. The van der Waals surface area contributed by atoms with Gasteiger partial charge >= 0.3 is 0 Å². The Morgan fingerprint density at radius 2 is 2.00 bits per heavy atom. The van der Waals surface area contributed by atoms with E-state index in [2.05, 4.69) is 0 Å². The van der Waals surface area contributed by atoms with Crippen molar-refractivity contribution in [3.8, 4) is 0 Å². The molecule has 0 aliphatic rings. The summed E-state index contributed by atoms with van der Waals surface area (Å²) < 4.78 is 12.9. The smallest absolute Gasteiger partial charge is 0.253 e. The zero-order chi connectivity index (χ0) is 9.30. The lowest BCUT2D eigenvalue weighted by atomic mass is 10.0. The van der Waals surface area contributed by atoms with Crippen molar-refractivity contribution in [2.75, 3.05) is 0 Å². The van der Waals surface area contributed by atoms with Gasteiger partial charge in [0.1, 0.15) is 5.82 Å². The van der Waals surface area contributed by atoms with Crippen molar-refractivity contribution in [2.24, 2.45) is 0 Å². The van der Waals surface area contributed by atoms with Crippen molar-refractivity contribution in [1.82, 2.24) is 0 Å². The highest BCUT2D eigenvalue weighted by Crippen LogP contribution is 2.18. The van der Waals surface area contributed by atoms with Crippen LogP contribution >= 0.6 is 11.6 Å². The van der Waals surface area contributed by atoms with Crippen LogP contribution in [0.25, 0.3) is 0 Å². The molecule has 0 fully saturated rings. The number of aryl methyl sites for hydroxylation is 1. The molecule has 0 atom stereocenters. The summed E-state index contributed by atoms with van der Waals surface area (Å²) in [5, 5.41) is -0.607. The van der Waals surface area contributed by atoms with Crippen molar-refractivity contribution < 1.29 is 9.18 Å². The van der Waals surface area contributed by atoms with Gasteiger partial charge < -0.3 is 0 Å². The molecule has 0 heterocycles. The lowest BCUT2D eigenvalue weighted by Gasteiger charge is -2.04. The highest BCUT2D eigenvalue weighted by Gasteiger charge is 2.12. The van der Waals surface area contributed by atoms with Gasteiger partial charge in [0.2, 0.25) is 0 Å². The molecule has 0 bridgehead atoms. The predicted octanol–water partition coefficient (Wildman–Crippen LogP) is 2.82. The van der Waals surface area contributed by atoms with Crippen molar-refractivity contribution >= 4 is 16.8 Å². The summed E-state index contributed by atoms with van der Waals surface area (Å²) in [6, 6.07) is 2.87. The third kappa shape index (κ3) is 1.48. The Morgan fingerprint density at radius 1 is 1.42 bits per heavy atom. The van der Waals surface area contributed by atoms with Crippen molar-refractivity contribution in [3.05, 3.63) is 34.6 Å². The van der Waals surface area contributed by atoms with E-state index >= 15 is 0 Å². The molecule has 0 amide bonds. The molecular formula is C9H8ClFO. The first-order valence-corrected chi connectivity index (χ1v) is 3.87. The minimum absolute atomic E-state index is 0.275. The van der Waals surface area contributed by atoms with E-state index in [1.165, 1.54) is 19.1 Å². The second kappa shape index (κ2) is 3.23. The van der Waals surface area contributed by atoms with E-state index in [1.54, 1.807) is 6.92 Å². The Morgan fingerprint density at radius 3 is 2.42 bits per heavy atom. The van der Waals surface area contributed by atoms with Crippen LogP contribution in [-0.2, 0) is 0 Å². The average Bonchev–Trinajstić information content (AvgIpc) is 1.97. The number of hydrogen-bond donors (Lipinski definition) is 0. The first-order chi connectivity index (χ1) is 5.54. The van der Waals surface area contributed by atoms with E-state index < -0.39 is 11.1 Å². The van der Waals surface area contributed by atoms with Gasteiger partial charge in [-0.15, -0.1) is 0 Å². The Bertz CT molecular complexity index is 334. The molecule has 0 radical (unpaired) electrons. The molecule has 3 heteroatoms. The molecule has 0 saturated heterocycles. The fraction of sp³-hybridized carbons (Fsp3) is 0.222. The van der Waals surface area contributed by atoms with E-state index in [-0.39, 0.29) is 5.56 Å². The van der Waals surface area contributed by atoms with Gasteiger partial charge in [0.15, 0.2) is 0 Å². The summed E-state index contributed by atoms with van der Waals surface area (Å²) in [7, 11) is 0. The van der Waals surface area contributed by atoms with Crippen LogP contribution in [-0.4, -0.2) is 5.24 Å². The molecule has 0 aromatic heterocycles. The van der Waals surface area contributed by atoms with E-state index in [4.69, 9.17) is 11.6 Å². The molecular weight excluding hydrogens is 179 g/mol. The minimum atomic E-state index is -0.607. The normalized spacial score (nSPS) is 10.0. The number of halogens is 2. The molecule has 1 aromatic carbocycles. The van der Waals surface area contributed by atoms with Crippen LogP contribution in [0.4, 0.5) is 4.39 Å². The largest absolute Gasteiger partial charge is 0.276 e. The zero-order valence-electron chi connectivity index (χ0n) is 6.82. The highest BCUT2D eigenvalue weighted by atomic mass is 35.5. The topological polar surface area (TPSA) is 17.1 Å². The molecule has 1 nitrogen and oxygen atoms in total. The van der Waals surface area contributed by atoms with Crippen molar-refractivity contribution in [3.63, 3.8) is 0 Å². The Balaban J connectivity index is 3.43. The van der Waals surface area contributed by atoms with Crippen LogP contribution < -0.4 is 0 Å². The van der Waals surface area contributed by atoms with Crippen LogP contribution in [0.3, 0.4) is 0 Å². The first kappa shape index (κ1) is 9.20. The zero-order valence-corrected chi connectivity index (χ0v) is 7.57. The predicted molar refractivity (Wildman–Crippen MR) is 46.1 cm³/mol. The Labute approximate surface area is 75.2 Å². The van der Waals surface area contributed by atoms with Gasteiger partial charge in [0.25, 0.3) is 5.24 Å². The van der Waals surface area contributed by atoms with Gasteiger partial charge in [-0.3, -0.25) is 4.79 Å². The second-order valence-electron chi connectivity index (χ2n) is 2.64. The summed E-state index contributed by atoms with van der Waals surface area (Å²) in [5.41, 5.74) is 1.29. The van der Waals surface area contributed by atoms with Crippen molar-refractivity contribution in [1.29, 1.82) is 0 Å². The average molecular weight is 187 g/mol. The van der Waals surface area contributed by atoms with E-state index in [0.717, 1.165) is 0 Å². The summed E-state index contributed by atoms with van der Waals surface area (Å²) in [6.07, 6.45) is 0. The third-order valence-corrected chi connectivity index (χ3v) is 1.99. The lowest BCUT2D eigenvalue weighted by Crippen LogP contribution is -1.99. The SMILES string of the molecule is Cc1ccc(F)c(C)c1C(=O)Cl. The van der Waals surface area contributed by atoms with E-state index in [9.17, 15) is 9.18 Å². The van der Waals surface area contributed by atoms with Gasteiger partial charge in [-0.1, -0.05) is 6.07 Å². The molecule has 12 heavy (non-hydrogen) atoms. The maximum Gasteiger partial charge on any atom is 0.253 e. The van der Waals surface area contributed by atoms with Gasteiger partial charge in [-0.2, -0.15) is 0 Å². The summed E-state index contributed by atoms with van der Waals surface area (Å²) in [5.74, 6) is -0.399. The standard InChI is InChI=1S/C9H8ClFO/c1-5-3-4-7(11)6(2)8(5)9(10)12/h3-4H,1-2H3. The maximum absolute atomic E-state index is 12.9. The fourth-order valence-corrected chi connectivity index (χ4v) is 1.41. The Hall–Kier alpha value is -0.890. The Kier molecular flexibility index (Phi) is 2.48. The van der Waals surface area contributed by atoms with E-state index in [0.29, 0.717) is 11.1 Å². The molecule has 1 rings (SSSR count). The van der Waals surface area contributed by atoms with Crippen LogP contribution in [0, 0.1) is 19.7 Å². The van der Waals surface area contributed by atoms with Gasteiger partial charge in [-0.05, 0) is 42.6 Å². The van der Waals surface area contributed by atoms with Crippen LogP contribution in [0.15, 0.2) is 12.1 Å². The lowest BCUT2D eigenvalue weighted by molar-refractivity contribution is 0.108. The monoisotopic (exact) mass is 186 g/mol. The molecule has 0 spiro atoms. The number of carbonyl (C=O) groups is 1. The molecule has 0 aliphatic carbocycles. The van der Waals surface area contributed by atoms with Crippen molar-refractivity contribution in [2.45, 2.75) is 13.8 Å². The summed E-state index contributed by atoms with van der Waals surface area (Å²) >= 11 is 5.28. The molecule has 0 aliphatic heterocycles. The van der Waals surface area contributed by atoms with Crippen LogP contribution in [0.1, 0.15) is 21.5 Å². The quantitative estimate of drug-likeness (QED) is 0.617. The molecule has 64 valence electrons. The minimum Gasteiger partial charge on any atom is -0.276 e. The van der Waals surface area contributed by atoms with Gasteiger partial charge in [-0.25, -0.2) is 4.39 Å². The van der Waals surface area contributed by atoms with E-state index in [1.807, 2.05) is 0 Å². The van der Waals surface area contributed by atoms with Crippen LogP contribution in [0.5, 0.6) is 0 Å². The molecule has 0 saturated carbocycles. The van der Waals surface area contributed by atoms with Gasteiger partial charge in [0, 0.05) is 5.56 Å². The first-order valence-electron chi connectivity index (χ1n) is 3.49. The number of carbonyl (C=O) groups excluding carboxylic acids is 1. The number of rotatable bonds is 1. The molecule has 1 aromatic rings.